The molecule has 0 radical (unpaired) electrons. The van der Waals surface area contributed by atoms with Gasteiger partial charge in [-0.15, -0.1) is 0 Å². The molecule has 3 aliphatic rings. The first kappa shape index (κ1) is 15.6. The van der Waals surface area contributed by atoms with Gasteiger partial charge in [0.25, 0.3) is 5.91 Å². The molecule has 3 saturated heterocycles. The third-order valence-corrected chi connectivity index (χ3v) is 5.52. The first-order chi connectivity index (χ1) is 10.4. The highest BCUT2D eigenvalue weighted by molar-refractivity contribution is 7.99. The van der Waals surface area contributed by atoms with Crippen molar-refractivity contribution in [1.29, 1.82) is 0 Å². The van der Waals surface area contributed by atoms with Gasteiger partial charge in [0.05, 0.1) is 12.2 Å². The Balaban J connectivity index is 1.66. The van der Waals surface area contributed by atoms with Gasteiger partial charge in [0, 0.05) is 18.8 Å². The summed E-state index contributed by atoms with van der Waals surface area (Å²) in [5.41, 5.74) is -0.784. The van der Waals surface area contributed by atoms with Crippen molar-refractivity contribution >= 4 is 29.6 Å². The van der Waals surface area contributed by atoms with Crippen molar-refractivity contribution < 1.29 is 19.1 Å². The highest BCUT2D eigenvalue weighted by atomic mass is 32.2. The molecule has 0 aromatic carbocycles. The predicted molar refractivity (Wildman–Crippen MR) is 81.5 cm³/mol. The lowest BCUT2D eigenvalue weighted by atomic mass is 9.99. The number of imide groups is 1. The van der Waals surface area contributed by atoms with E-state index in [0.29, 0.717) is 25.3 Å². The average Bonchev–Trinajstić information content (AvgIpc) is 2.99. The number of urea groups is 1. The number of ether oxygens (including phenoxy) is 1. The summed E-state index contributed by atoms with van der Waals surface area (Å²) < 4.78 is 5.60. The number of rotatable bonds is 2. The summed E-state index contributed by atoms with van der Waals surface area (Å²) in [6.45, 7) is 4.63. The molecule has 0 bridgehead atoms. The topological polar surface area (TPSA) is 79.0 Å². The summed E-state index contributed by atoms with van der Waals surface area (Å²) in [7, 11) is 0. The van der Waals surface area contributed by atoms with E-state index in [-0.39, 0.29) is 30.6 Å². The fraction of sp³-hybridized carbons (Fsp3) is 0.786. The summed E-state index contributed by atoms with van der Waals surface area (Å²) in [5, 5.41) is 2.78. The lowest BCUT2D eigenvalue weighted by Gasteiger charge is -2.35. The molecule has 0 aliphatic carbocycles. The molecule has 3 fully saturated rings. The maximum absolute atomic E-state index is 12.5. The first-order valence-electron chi connectivity index (χ1n) is 7.56. The highest BCUT2D eigenvalue weighted by Gasteiger charge is 2.53. The summed E-state index contributed by atoms with van der Waals surface area (Å²) in [6, 6.07) is -0.449. The monoisotopic (exact) mass is 327 g/mol. The summed E-state index contributed by atoms with van der Waals surface area (Å²) >= 11 is 1.65. The van der Waals surface area contributed by atoms with E-state index < -0.39 is 11.6 Å². The zero-order chi connectivity index (χ0) is 15.9. The Morgan fingerprint density at radius 3 is 2.64 bits per heavy atom. The molecule has 3 atom stereocenters. The molecular formula is C14H21N3O4S. The van der Waals surface area contributed by atoms with Crippen LogP contribution < -0.4 is 5.32 Å². The van der Waals surface area contributed by atoms with E-state index in [4.69, 9.17) is 4.74 Å². The number of nitrogens with one attached hydrogen (secondary N) is 1. The highest BCUT2D eigenvalue weighted by Crippen LogP contribution is 2.33. The Kier molecular flexibility index (Phi) is 4.07. The van der Waals surface area contributed by atoms with Crippen molar-refractivity contribution in [3.05, 3.63) is 0 Å². The molecule has 22 heavy (non-hydrogen) atoms. The number of thioether (sulfide) groups is 1. The van der Waals surface area contributed by atoms with Crippen LogP contribution in [0.1, 0.15) is 20.3 Å². The van der Waals surface area contributed by atoms with E-state index >= 15 is 0 Å². The van der Waals surface area contributed by atoms with E-state index in [1.54, 1.807) is 16.7 Å². The number of hydrogen-bond acceptors (Lipinski definition) is 5. The minimum absolute atomic E-state index is 0.0339. The molecule has 7 nitrogen and oxygen atoms in total. The van der Waals surface area contributed by atoms with Gasteiger partial charge in [-0.05, 0) is 26.0 Å². The Hall–Kier alpha value is -1.28. The van der Waals surface area contributed by atoms with Crippen LogP contribution in [0.3, 0.4) is 0 Å². The molecule has 0 unspecified atom stereocenters. The third-order valence-electron chi connectivity index (χ3n) is 4.33. The molecule has 0 aromatic rings. The smallest absolute Gasteiger partial charge is 0.325 e. The fourth-order valence-electron chi connectivity index (χ4n) is 3.27. The Labute approximate surface area is 133 Å². The maximum Gasteiger partial charge on any atom is 0.325 e. The molecule has 3 rings (SSSR count). The number of carbonyl (C=O) groups is 3. The van der Waals surface area contributed by atoms with Crippen molar-refractivity contribution in [3.8, 4) is 0 Å². The molecule has 122 valence electrons. The number of hydrogen-bond donors (Lipinski definition) is 1. The lowest BCUT2D eigenvalue weighted by Crippen LogP contribution is -2.52. The van der Waals surface area contributed by atoms with Crippen LogP contribution in [0.2, 0.25) is 0 Å². The molecule has 0 aromatic heterocycles. The van der Waals surface area contributed by atoms with Crippen LogP contribution in [0, 0.1) is 0 Å². The van der Waals surface area contributed by atoms with E-state index in [2.05, 4.69) is 5.32 Å². The van der Waals surface area contributed by atoms with Crippen LogP contribution in [0.5, 0.6) is 0 Å². The SMILES string of the molecule is C[C@H]1CN(C(=O)CN2C(=O)N[C@]3(CCSC3)C2=O)C[C@H](C)O1. The van der Waals surface area contributed by atoms with Crippen molar-refractivity contribution in [2.45, 2.75) is 38.0 Å². The average molecular weight is 327 g/mol. The van der Waals surface area contributed by atoms with Crippen LogP contribution in [-0.4, -0.2) is 76.5 Å². The Morgan fingerprint density at radius 2 is 2.05 bits per heavy atom. The summed E-state index contributed by atoms with van der Waals surface area (Å²) in [5.74, 6) is 0.985. The largest absolute Gasteiger partial charge is 0.372 e. The Bertz CT molecular complexity index is 496. The van der Waals surface area contributed by atoms with Crippen molar-refractivity contribution in [2.24, 2.45) is 0 Å². The molecule has 4 amide bonds. The van der Waals surface area contributed by atoms with Gasteiger partial charge >= 0.3 is 6.03 Å². The van der Waals surface area contributed by atoms with Gasteiger partial charge in [0.1, 0.15) is 12.1 Å². The van der Waals surface area contributed by atoms with Gasteiger partial charge in [-0.2, -0.15) is 11.8 Å². The van der Waals surface area contributed by atoms with Gasteiger partial charge < -0.3 is 15.0 Å². The van der Waals surface area contributed by atoms with E-state index in [9.17, 15) is 14.4 Å². The minimum Gasteiger partial charge on any atom is -0.372 e. The normalized spacial score (nSPS) is 35.4. The second-order valence-corrected chi connectivity index (χ2v) is 7.37. The van der Waals surface area contributed by atoms with E-state index in [1.807, 2.05) is 13.8 Å². The molecule has 3 aliphatic heterocycles. The third kappa shape index (κ3) is 2.69. The number of carbonyl (C=O) groups excluding carboxylic acids is 3. The van der Waals surface area contributed by atoms with Crippen molar-refractivity contribution in [3.63, 3.8) is 0 Å². The predicted octanol–water partition coefficient (Wildman–Crippen LogP) is 0.0497. The lowest BCUT2D eigenvalue weighted by molar-refractivity contribution is -0.146. The van der Waals surface area contributed by atoms with Gasteiger partial charge in [-0.25, -0.2) is 4.79 Å². The quantitative estimate of drug-likeness (QED) is 0.725. The number of nitrogens with zero attached hydrogens (tertiary/aromatic N) is 2. The second kappa shape index (κ2) is 5.73. The zero-order valence-electron chi connectivity index (χ0n) is 12.8. The van der Waals surface area contributed by atoms with Crippen molar-refractivity contribution in [2.75, 3.05) is 31.1 Å². The fourth-order valence-corrected chi connectivity index (χ4v) is 4.59. The van der Waals surface area contributed by atoms with E-state index in [1.165, 1.54) is 0 Å². The molecule has 8 heteroatoms. The van der Waals surface area contributed by atoms with Gasteiger partial charge in [-0.1, -0.05) is 0 Å². The molecule has 1 spiro atoms. The van der Waals surface area contributed by atoms with Gasteiger partial charge in [0.2, 0.25) is 5.91 Å². The molecule has 1 N–H and O–H groups in total. The number of amides is 4. The van der Waals surface area contributed by atoms with Crippen LogP contribution in [-0.2, 0) is 14.3 Å². The van der Waals surface area contributed by atoms with Gasteiger partial charge in [0.15, 0.2) is 0 Å². The number of morpholine rings is 1. The molecule has 3 heterocycles. The van der Waals surface area contributed by atoms with Crippen LogP contribution in [0.15, 0.2) is 0 Å². The Morgan fingerprint density at radius 1 is 1.36 bits per heavy atom. The van der Waals surface area contributed by atoms with E-state index in [0.717, 1.165) is 10.7 Å². The van der Waals surface area contributed by atoms with Crippen LogP contribution >= 0.6 is 11.8 Å². The standard InChI is InChI=1S/C14H21N3O4S/c1-9-5-16(6-10(2)21-9)11(18)7-17-12(19)14(15-13(17)20)3-4-22-8-14/h9-10H,3-8H2,1-2H3,(H,15,20)/t9-,10-,14-/m0/s1. The summed E-state index contributed by atoms with van der Waals surface area (Å²) in [4.78, 5) is 39.8. The minimum atomic E-state index is -0.784. The van der Waals surface area contributed by atoms with Crippen molar-refractivity contribution in [1.82, 2.24) is 15.1 Å². The first-order valence-corrected chi connectivity index (χ1v) is 8.72. The maximum atomic E-state index is 12.5. The van der Waals surface area contributed by atoms with Gasteiger partial charge in [-0.3, -0.25) is 14.5 Å². The zero-order valence-corrected chi connectivity index (χ0v) is 13.6. The summed E-state index contributed by atoms with van der Waals surface area (Å²) in [6.07, 6.45) is 0.570. The molecule has 0 saturated carbocycles. The molecular weight excluding hydrogens is 306 g/mol. The van der Waals surface area contributed by atoms with Crippen LogP contribution in [0.4, 0.5) is 4.79 Å². The second-order valence-electron chi connectivity index (χ2n) is 6.26. The van der Waals surface area contributed by atoms with Crippen LogP contribution in [0.25, 0.3) is 0 Å².